The lowest BCUT2D eigenvalue weighted by Crippen LogP contribution is -2.28. The Kier molecular flexibility index (Phi) is 8.01. The Balaban J connectivity index is 2.11. The van der Waals surface area contributed by atoms with Gasteiger partial charge in [-0.1, -0.05) is 60.7 Å². The van der Waals surface area contributed by atoms with E-state index in [-0.39, 0.29) is 18.3 Å². The fourth-order valence-corrected chi connectivity index (χ4v) is 3.86. The third-order valence-electron chi connectivity index (χ3n) is 3.30. The van der Waals surface area contributed by atoms with E-state index in [1.807, 2.05) is 66.7 Å². The van der Waals surface area contributed by atoms with Crippen molar-refractivity contribution in [3.63, 3.8) is 0 Å². The summed E-state index contributed by atoms with van der Waals surface area (Å²) < 4.78 is 22.9. The maximum absolute atomic E-state index is 12.5. The van der Waals surface area contributed by atoms with E-state index in [9.17, 15) is 4.57 Å². The normalized spacial score (nSPS) is 11.5. The summed E-state index contributed by atoms with van der Waals surface area (Å²) in [6.45, 7) is 3.99. The molecular weight excluding hydrogens is 367 g/mol. The average Bonchev–Trinajstić information content (AvgIpc) is 2.62. The molecule has 0 saturated carbocycles. The number of thiocarbonyl (C=S) groups is 1. The number of para-hydroxylation sites is 1. The van der Waals surface area contributed by atoms with Gasteiger partial charge in [-0.25, -0.2) is 4.57 Å². The molecule has 0 saturated heterocycles. The van der Waals surface area contributed by atoms with Gasteiger partial charge in [-0.15, -0.1) is 0 Å². The van der Waals surface area contributed by atoms with Crippen molar-refractivity contribution in [1.82, 2.24) is 5.09 Å². The maximum Gasteiger partial charge on any atom is 0.434 e. The Bertz CT molecular complexity index is 786. The minimum absolute atomic E-state index is 0.177. The molecule has 2 N–H and O–H groups in total. The molecule has 0 atom stereocenters. The fourth-order valence-electron chi connectivity index (χ4n) is 2.22. The molecule has 2 rings (SSSR count). The quantitative estimate of drug-likeness (QED) is 0.361. The first kappa shape index (κ1) is 20.3. The number of nitrogens with one attached hydrogen (secondary N) is 2. The summed E-state index contributed by atoms with van der Waals surface area (Å²) in [7, 11) is -3.46. The number of hydrogen-bond donors (Lipinski definition) is 2. The number of anilines is 1. The summed E-state index contributed by atoms with van der Waals surface area (Å²) in [4.78, 5) is 0. The minimum Gasteiger partial charge on any atom is -0.332 e. The third-order valence-corrected chi connectivity index (χ3v) is 5.35. The molecule has 0 radical (unpaired) electrons. The zero-order valence-corrected chi connectivity index (χ0v) is 16.6. The highest BCUT2D eigenvalue weighted by atomic mass is 32.1. The van der Waals surface area contributed by atoms with Gasteiger partial charge >= 0.3 is 7.75 Å². The van der Waals surface area contributed by atoms with Gasteiger partial charge in [-0.2, -0.15) is 0 Å². The van der Waals surface area contributed by atoms with Gasteiger partial charge in [0.15, 0.2) is 5.11 Å². The molecule has 0 aliphatic carbocycles. The van der Waals surface area contributed by atoms with E-state index in [4.69, 9.17) is 21.3 Å². The van der Waals surface area contributed by atoms with Crippen molar-refractivity contribution >= 4 is 42.9 Å². The van der Waals surface area contributed by atoms with Gasteiger partial charge < -0.3 is 5.32 Å². The summed E-state index contributed by atoms with van der Waals surface area (Å²) >= 11 is 5.27. The summed E-state index contributed by atoms with van der Waals surface area (Å²) in [6, 6.07) is 17.7. The van der Waals surface area contributed by atoms with Crippen molar-refractivity contribution in [2.24, 2.45) is 0 Å². The Hall–Kier alpha value is -1.98. The Morgan fingerprint density at radius 1 is 1.00 bits per heavy atom. The smallest absolute Gasteiger partial charge is 0.332 e. The van der Waals surface area contributed by atoms with E-state index in [0.717, 1.165) is 16.8 Å². The topological polar surface area (TPSA) is 59.6 Å². The Morgan fingerprint density at radius 2 is 1.62 bits per heavy atom. The predicted molar refractivity (Wildman–Crippen MR) is 112 cm³/mol. The second-order valence-corrected chi connectivity index (χ2v) is 7.37. The van der Waals surface area contributed by atoms with Gasteiger partial charge in [0, 0.05) is 5.69 Å². The van der Waals surface area contributed by atoms with Crippen LogP contribution in [0.1, 0.15) is 25.0 Å². The zero-order valence-electron chi connectivity index (χ0n) is 14.8. The van der Waals surface area contributed by atoms with E-state index in [1.54, 1.807) is 13.8 Å². The molecule has 0 bridgehead atoms. The molecule has 0 aliphatic heterocycles. The fraction of sp³-hybridized carbons (Fsp3) is 0.211. The minimum atomic E-state index is -3.46. The van der Waals surface area contributed by atoms with Crippen molar-refractivity contribution in [2.45, 2.75) is 13.8 Å². The molecule has 0 amide bonds. The van der Waals surface area contributed by atoms with Crippen LogP contribution < -0.4 is 10.4 Å². The monoisotopic (exact) mass is 390 g/mol. The van der Waals surface area contributed by atoms with Crippen molar-refractivity contribution in [1.29, 1.82) is 0 Å². The van der Waals surface area contributed by atoms with Gasteiger partial charge in [0.1, 0.15) is 0 Å². The van der Waals surface area contributed by atoms with Crippen molar-refractivity contribution in [3.8, 4) is 0 Å². The molecule has 5 nitrogen and oxygen atoms in total. The third kappa shape index (κ3) is 6.39. The van der Waals surface area contributed by atoms with E-state index < -0.39 is 7.75 Å². The molecule has 0 fully saturated rings. The summed E-state index contributed by atoms with van der Waals surface area (Å²) in [5.41, 5.74) is 2.83. The van der Waals surface area contributed by atoms with E-state index in [2.05, 4.69) is 10.4 Å². The van der Waals surface area contributed by atoms with Crippen LogP contribution in [-0.4, -0.2) is 18.3 Å². The lowest BCUT2D eigenvalue weighted by Gasteiger charge is -2.20. The highest BCUT2D eigenvalue weighted by Crippen LogP contribution is 2.43. The summed E-state index contributed by atoms with van der Waals surface area (Å²) in [5, 5.41) is 5.88. The molecule has 0 spiro atoms. The Morgan fingerprint density at radius 3 is 2.27 bits per heavy atom. The lowest BCUT2D eigenvalue weighted by molar-refractivity contribution is 0.216. The number of rotatable bonds is 8. The SMILES string of the molecule is CCOP(=O)(NC(=S)Nc1ccccc1C=Cc1ccccc1)OCC. The first-order valence-electron chi connectivity index (χ1n) is 8.37. The predicted octanol–water partition coefficient (Wildman–Crippen LogP) is 5.32. The van der Waals surface area contributed by atoms with Gasteiger partial charge in [-0.05, 0) is 43.3 Å². The molecule has 0 unspecified atom stereocenters. The Labute approximate surface area is 160 Å². The van der Waals surface area contributed by atoms with Crippen LogP contribution in [0.15, 0.2) is 54.6 Å². The molecule has 0 aliphatic rings. The van der Waals surface area contributed by atoms with Gasteiger partial charge in [0.05, 0.1) is 13.2 Å². The average molecular weight is 390 g/mol. The van der Waals surface area contributed by atoms with Gasteiger partial charge in [0.2, 0.25) is 0 Å². The van der Waals surface area contributed by atoms with Crippen molar-refractivity contribution < 1.29 is 13.6 Å². The highest BCUT2D eigenvalue weighted by molar-refractivity contribution is 7.81. The molecule has 26 heavy (non-hydrogen) atoms. The molecule has 2 aromatic rings. The molecule has 7 heteroatoms. The maximum atomic E-state index is 12.5. The van der Waals surface area contributed by atoms with E-state index in [1.165, 1.54) is 0 Å². The van der Waals surface area contributed by atoms with Crippen LogP contribution in [0.3, 0.4) is 0 Å². The lowest BCUT2D eigenvalue weighted by atomic mass is 10.1. The number of benzene rings is 2. The molecule has 0 aromatic heterocycles. The van der Waals surface area contributed by atoms with E-state index >= 15 is 0 Å². The molecule has 2 aromatic carbocycles. The van der Waals surface area contributed by atoms with Crippen LogP contribution in [0.25, 0.3) is 12.2 Å². The second-order valence-electron chi connectivity index (χ2n) is 5.23. The second kappa shape index (κ2) is 10.2. The van der Waals surface area contributed by atoms with Crippen LogP contribution in [0.4, 0.5) is 5.69 Å². The molecular formula is C19H23N2O3PS. The first-order chi connectivity index (χ1) is 12.6. The van der Waals surface area contributed by atoms with Crippen LogP contribution in [0.5, 0.6) is 0 Å². The van der Waals surface area contributed by atoms with Crippen molar-refractivity contribution in [2.75, 3.05) is 18.5 Å². The van der Waals surface area contributed by atoms with Gasteiger partial charge in [-0.3, -0.25) is 14.1 Å². The zero-order chi connectivity index (χ0) is 18.8. The van der Waals surface area contributed by atoms with Gasteiger partial charge in [0.25, 0.3) is 0 Å². The standard InChI is InChI=1S/C19H23N2O3PS/c1-3-23-25(22,24-4-2)21-19(26)20-18-13-9-8-12-17(18)15-14-16-10-6-5-7-11-16/h5-15H,3-4H2,1-2H3,(H2,20,21,22,26). The van der Waals surface area contributed by atoms with Crippen LogP contribution >= 0.6 is 20.0 Å². The van der Waals surface area contributed by atoms with E-state index in [0.29, 0.717) is 0 Å². The first-order valence-corrected chi connectivity index (χ1v) is 10.3. The molecule has 0 heterocycles. The van der Waals surface area contributed by atoms with Crippen LogP contribution in [0.2, 0.25) is 0 Å². The number of hydrogen-bond acceptors (Lipinski definition) is 4. The largest absolute Gasteiger partial charge is 0.434 e. The van der Waals surface area contributed by atoms with Crippen molar-refractivity contribution in [3.05, 3.63) is 65.7 Å². The summed E-state index contributed by atoms with van der Waals surface area (Å²) in [6.07, 6.45) is 4.01. The summed E-state index contributed by atoms with van der Waals surface area (Å²) in [5.74, 6) is 0. The molecule has 138 valence electrons. The van der Waals surface area contributed by atoms with Crippen LogP contribution in [-0.2, 0) is 13.6 Å². The van der Waals surface area contributed by atoms with Crippen LogP contribution in [0, 0.1) is 0 Å². The highest BCUT2D eigenvalue weighted by Gasteiger charge is 2.24.